The predicted octanol–water partition coefficient (Wildman–Crippen LogP) is 4.94. The number of hydrogen-bond acceptors (Lipinski definition) is 1. The van der Waals surface area contributed by atoms with Crippen molar-refractivity contribution in [3.8, 4) is 0 Å². The normalized spacial score (nSPS) is 17.4. The van der Waals surface area contributed by atoms with Crippen LogP contribution in [-0.4, -0.2) is 12.6 Å². The molecule has 1 nitrogen and oxygen atoms in total. The van der Waals surface area contributed by atoms with Crippen LogP contribution < -0.4 is 5.32 Å². The molecular weight excluding hydrogens is 254 g/mol. The molecule has 1 aliphatic rings. The Morgan fingerprint density at radius 2 is 1.81 bits per heavy atom. The van der Waals surface area contributed by atoms with Crippen LogP contribution in [-0.2, 0) is 6.42 Å². The Morgan fingerprint density at radius 1 is 1.05 bits per heavy atom. The van der Waals surface area contributed by atoms with Crippen molar-refractivity contribution in [2.75, 3.05) is 6.54 Å². The second-order valence-corrected chi connectivity index (χ2v) is 6.53. The van der Waals surface area contributed by atoms with Crippen LogP contribution in [0.4, 0.5) is 0 Å². The monoisotopic (exact) mass is 281 g/mol. The van der Waals surface area contributed by atoms with E-state index in [2.05, 4.69) is 54.7 Å². The van der Waals surface area contributed by atoms with Crippen molar-refractivity contribution in [1.29, 1.82) is 0 Å². The van der Waals surface area contributed by atoms with Gasteiger partial charge in [-0.3, -0.25) is 0 Å². The average Bonchev–Trinajstić information content (AvgIpc) is 3.00. The summed E-state index contributed by atoms with van der Waals surface area (Å²) in [6.07, 6.45) is 8.29. The number of hydrogen-bond donors (Lipinski definition) is 1. The van der Waals surface area contributed by atoms with Crippen LogP contribution >= 0.6 is 0 Å². The van der Waals surface area contributed by atoms with Crippen LogP contribution in [0.3, 0.4) is 0 Å². The topological polar surface area (TPSA) is 12.0 Å². The molecular formula is C20H27N. The SMILES string of the molecule is CCNC(Cc1ccc2ccccc2c1)CC1CCCC1. The minimum absolute atomic E-state index is 0.638. The molecule has 0 bridgehead atoms. The van der Waals surface area contributed by atoms with Crippen molar-refractivity contribution in [2.45, 2.75) is 51.5 Å². The van der Waals surface area contributed by atoms with E-state index in [4.69, 9.17) is 0 Å². The maximum atomic E-state index is 3.71. The first-order chi connectivity index (χ1) is 10.3. The highest BCUT2D eigenvalue weighted by atomic mass is 14.9. The third-order valence-electron chi connectivity index (χ3n) is 4.88. The first-order valence-electron chi connectivity index (χ1n) is 8.56. The van der Waals surface area contributed by atoms with Crippen LogP contribution in [0.15, 0.2) is 42.5 Å². The lowest BCUT2D eigenvalue weighted by atomic mass is 9.93. The van der Waals surface area contributed by atoms with E-state index in [1.165, 1.54) is 48.4 Å². The van der Waals surface area contributed by atoms with E-state index in [1.807, 2.05) is 0 Å². The number of nitrogens with one attached hydrogen (secondary N) is 1. The molecule has 0 saturated heterocycles. The molecule has 1 heteroatoms. The molecule has 1 unspecified atom stereocenters. The number of rotatable bonds is 6. The molecule has 1 aliphatic carbocycles. The highest BCUT2D eigenvalue weighted by molar-refractivity contribution is 5.82. The van der Waals surface area contributed by atoms with Crippen molar-refractivity contribution in [3.05, 3.63) is 48.0 Å². The standard InChI is InChI=1S/C20H27N/c1-2-21-20(14-16-7-3-4-8-16)15-17-11-12-18-9-5-6-10-19(18)13-17/h5-6,9-13,16,20-21H,2-4,7-8,14-15H2,1H3. The van der Waals surface area contributed by atoms with Gasteiger partial charge in [-0.2, -0.15) is 0 Å². The first-order valence-corrected chi connectivity index (χ1v) is 8.56. The van der Waals surface area contributed by atoms with Crippen LogP contribution in [0.2, 0.25) is 0 Å². The molecule has 0 amide bonds. The molecule has 3 rings (SSSR count). The van der Waals surface area contributed by atoms with Gasteiger partial charge in [-0.1, -0.05) is 75.1 Å². The smallest absolute Gasteiger partial charge is 0.0110 e. The molecule has 0 heterocycles. The Labute approximate surface area is 128 Å². The Hall–Kier alpha value is -1.34. The molecule has 1 saturated carbocycles. The molecule has 2 aromatic rings. The van der Waals surface area contributed by atoms with Gasteiger partial charge in [-0.15, -0.1) is 0 Å². The summed E-state index contributed by atoms with van der Waals surface area (Å²) in [5.41, 5.74) is 1.47. The van der Waals surface area contributed by atoms with E-state index in [-0.39, 0.29) is 0 Å². The Balaban J connectivity index is 1.70. The zero-order chi connectivity index (χ0) is 14.5. The van der Waals surface area contributed by atoms with Crippen LogP contribution in [0.5, 0.6) is 0 Å². The van der Waals surface area contributed by atoms with Gasteiger partial charge in [0.2, 0.25) is 0 Å². The first kappa shape index (κ1) is 14.6. The molecule has 0 radical (unpaired) electrons. The van der Waals surface area contributed by atoms with Crippen molar-refractivity contribution < 1.29 is 0 Å². The summed E-state index contributed by atoms with van der Waals surface area (Å²) in [6.45, 7) is 3.30. The highest BCUT2D eigenvalue weighted by Gasteiger charge is 2.19. The van der Waals surface area contributed by atoms with Gasteiger partial charge in [0.15, 0.2) is 0 Å². The molecule has 2 aromatic carbocycles. The fraction of sp³-hybridized carbons (Fsp3) is 0.500. The van der Waals surface area contributed by atoms with Crippen molar-refractivity contribution in [2.24, 2.45) is 5.92 Å². The Bertz CT molecular complexity index is 569. The largest absolute Gasteiger partial charge is 0.314 e. The van der Waals surface area contributed by atoms with E-state index in [1.54, 1.807) is 0 Å². The van der Waals surface area contributed by atoms with Crippen molar-refractivity contribution >= 4 is 10.8 Å². The molecule has 0 spiro atoms. The molecule has 112 valence electrons. The van der Waals surface area contributed by atoms with Crippen LogP contribution in [0.25, 0.3) is 10.8 Å². The van der Waals surface area contributed by atoms with Crippen LogP contribution in [0, 0.1) is 5.92 Å². The fourth-order valence-electron chi connectivity index (χ4n) is 3.83. The number of benzene rings is 2. The van der Waals surface area contributed by atoms with E-state index in [9.17, 15) is 0 Å². The van der Waals surface area contributed by atoms with Gasteiger partial charge in [-0.05, 0) is 41.6 Å². The summed E-state index contributed by atoms with van der Waals surface area (Å²) in [4.78, 5) is 0. The summed E-state index contributed by atoms with van der Waals surface area (Å²) in [6, 6.07) is 16.2. The fourth-order valence-corrected chi connectivity index (χ4v) is 3.83. The summed E-state index contributed by atoms with van der Waals surface area (Å²) < 4.78 is 0. The molecule has 1 N–H and O–H groups in total. The summed E-state index contributed by atoms with van der Waals surface area (Å²) in [7, 11) is 0. The third-order valence-corrected chi connectivity index (χ3v) is 4.88. The lowest BCUT2D eigenvalue weighted by Crippen LogP contribution is -2.32. The predicted molar refractivity (Wildman–Crippen MR) is 91.7 cm³/mol. The van der Waals surface area contributed by atoms with Crippen LogP contribution in [0.1, 0.15) is 44.6 Å². The van der Waals surface area contributed by atoms with Gasteiger partial charge in [-0.25, -0.2) is 0 Å². The van der Waals surface area contributed by atoms with Gasteiger partial charge in [0.1, 0.15) is 0 Å². The van der Waals surface area contributed by atoms with Crippen molar-refractivity contribution in [1.82, 2.24) is 5.32 Å². The van der Waals surface area contributed by atoms with E-state index in [0.717, 1.165) is 18.9 Å². The second kappa shape index (κ2) is 7.09. The third kappa shape index (κ3) is 3.85. The Kier molecular flexibility index (Phi) is 4.92. The summed E-state index contributed by atoms with van der Waals surface area (Å²) >= 11 is 0. The summed E-state index contributed by atoms with van der Waals surface area (Å²) in [5.74, 6) is 0.953. The lowest BCUT2D eigenvalue weighted by molar-refractivity contribution is 0.390. The molecule has 0 aromatic heterocycles. The molecule has 21 heavy (non-hydrogen) atoms. The molecule has 1 atom stereocenters. The molecule has 1 fully saturated rings. The quantitative estimate of drug-likeness (QED) is 0.790. The zero-order valence-electron chi connectivity index (χ0n) is 13.1. The van der Waals surface area contributed by atoms with Gasteiger partial charge >= 0.3 is 0 Å². The van der Waals surface area contributed by atoms with Gasteiger partial charge < -0.3 is 5.32 Å². The van der Waals surface area contributed by atoms with E-state index >= 15 is 0 Å². The average molecular weight is 281 g/mol. The number of fused-ring (bicyclic) bond motifs is 1. The van der Waals surface area contributed by atoms with Gasteiger partial charge in [0, 0.05) is 6.04 Å². The zero-order valence-corrected chi connectivity index (χ0v) is 13.1. The minimum atomic E-state index is 0.638. The van der Waals surface area contributed by atoms with Crippen molar-refractivity contribution in [3.63, 3.8) is 0 Å². The number of likely N-dealkylation sites (N-methyl/N-ethyl adjacent to an activating group) is 1. The van der Waals surface area contributed by atoms with Gasteiger partial charge in [0.05, 0.1) is 0 Å². The summed E-state index contributed by atoms with van der Waals surface area (Å²) in [5, 5.41) is 6.42. The lowest BCUT2D eigenvalue weighted by Gasteiger charge is -2.21. The Morgan fingerprint density at radius 3 is 2.57 bits per heavy atom. The highest BCUT2D eigenvalue weighted by Crippen LogP contribution is 2.29. The minimum Gasteiger partial charge on any atom is -0.314 e. The van der Waals surface area contributed by atoms with E-state index < -0.39 is 0 Å². The maximum absolute atomic E-state index is 3.71. The second-order valence-electron chi connectivity index (χ2n) is 6.53. The maximum Gasteiger partial charge on any atom is 0.0110 e. The van der Waals surface area contributed by atoms with E-state index in [0.29, 0.717) is 6.04 Å². The van der Waals surface area contributed by atoms with Gasteiger partial charge in [0.25, 0.3) is 0 Å². The molecule has 0 aliphatic heterocycles.